The normalized spacial score (nSPS) is 10.3. The molecular weight excluding hydrogens is 409 g/mol. The molecule has 2 aromatic carbocycles. The number of carbonyl (C=O) groups is 1. The van der Waals surface area contributed by atoms with Gasteiger partial charge in [0.05, 0.1) is 25.1 Å². The molecule has 2 heterocycles. The summed E-state index contributed by atoms with van der Waals surface area (Å²) < 4.78 is 37.8. The monoisotopic (exact) mass is 428 g/mol. The van der Waals surface area contributed by atoms with E-state index in [1.807, 2.05) is 6.07 Å². The molecule has 0 bridgehead atoms. The van der Waals surface area contributed by atoms with E-state index in [1.165, 1.54) is 12.3 Å². The molecule has 10 heteroatoms. The van der Waals surface area contributed by atoms with Crippen LogP contribution in [-0.4, -0.2) is 32.9 Å². The molecule has 4 N–H and O–H groups in total. The third-order valence-electron chi connectivity index (χ3n) is 4.36. The minimum absolute atomic E-state index is 0.0264. The van der Waals surface area contributed by atoms with Crippen LogP contribution in [0.3, 0.4) is 0 Å². The number of carbonyl (C=O) groups excluding carboxylic acids is 1. The molecule has 7 nitrogen and oxygen atoms in total. The maximum Gasteiger partial charge on any atom is 0.198 e. The summed E-state index contributed by atoms with van der Waals surface area (Å²) in [5.74, 6) is -1.16. The smallest absolute Gasteiger partial charge is 0.198 e. The minimum Gasteiger partial charge on any atom is -0.383 e. The van der Waals surface area contributed by atoms with E-state index in [0.29, 0.717) is 19.3 Å². The summed E-state index contributed by atoms with van der Waals surface area (Å²) in [7, 11) is 0.500. The molecule has 0 aliphatic heterocycles. The Labute approximate surface area is 175 Å². The maximum atomic E-state index is 14.0. The number of nitrogen functional groups attached to an aromatic ring is 1. The number of nitrogens with one attached hydrogen (secondary N) is 2. The third kappa shape index (κ3) is 4.74. The van der Waals surface area contributed by atoms with Crippen molar-refractivity contribution >= 4 is 17.4 Å². The van der Waals surface area contributed by atoms with Crippen molar-refractivity contribution in [2.75, 3.05) is 18.2 Å². The van der Waals surface area contributed by atoms with Crippen molar-refractivity contribution in [3.63, 3.8) is 0 Å². The number of rotatable bonds is 6. The molecule has 2 aromatic heterocycles. The number of H-pyrrole nitrogens is 1. The molecule has 4 rings (SSSR count). The van der Waals surface area contributed by atoms with Crippen LogP contribution in [0, 0.1) is 11.6 Å². The Kier molecular flexibility index (Phi) is 6.71. The Morgan fingerprint density at radius 3 is 2.68 bits per heavy atom. The molecule has 31 heavy (non-hydrogen) atoms. The van der Waals surface area contributed by atoms with Gasteiger partial charge in [0.15, 0.2) is 11.6 Å². The highest BCUT2D eigenvalue weighted by Gasteiger charge is 2.19. The van der Waals surface area contributed by atoms with Gasteiger partial charge in [-0.05, 0) is 29.8 Å². The Balaban J connectivity index is 0.00000132. The van der Waals surface area contributed by atoms with Crippen LogP contribution in [0.1, 0.15) is 21.5 Å². The van der Waals surface area contributed by atoms with Crippen molar-refractivity contribution in [3.8, 4) is 5.69 Å². The summed E-state index contributed by atoms with van der Waals surface area (Å²) in [5, 5.41) is 13.8. The zero-order chi connectivity index (χ0) is 22.4. The van der Waals surface area contributed by atoms with E-state index < -0.39 is 11.6 Å². The second kappa shape index (κ2) is 9.61. The first-order valence-electron chi connectivity index (χ1n) is 9.06. The average molecular weight is 428 g/mol. The molecule has 0 aliphatic rings. The fraction of sp³-hybridized carbons (Fsp3) is 0.0952. The number of nitrogens with zero attached hydrogens (tertiary/aromatic N) is 3. The number of nitrogens with two attached hydrogens (primary N) is 1. The summed E-state index contributed by atoms with van der Waals surface area (Å²) in [6.45, 7) is 0.485. The Morgan fingerprint density at radius 1 is 1.16 bits per heavy atom. The van der Waals surface area contributed by atoms with E-state index in [0.717, 1.165) is 28.2 Å². The standard InChI is InChI=1S/C20H16F2N6O.CH3F/c21-14-4-5-17(16(22)9-14)28-20(23)15(11-26-28)19(29)13-3-1-2-12(8-13)10-24-18-6-7-25-27-18;1-2/h1-9,11H,10,23H2,(H2,24,25,27);1H3. The van der Waals surface area contributed by atoms with Gasteiger partial charge in [-0.1, -0.05) is 18.2 Å². The van der Waals surface area contributed by atoms with Crippen molar-refractivity contribution in [1.82, 2.24) is 20.0 Å². The molecule has 0 saturated heterocycles. The first-order chi connectivity index (χ1) is 15.0. The second-order valence-corrected chi connectivity index (χ2v) is 6.30. The third-order valence-corrected chi connectivity index (χ3v) is 4.36. The molecular formula is C21H19F3N6O. The number of hydrogen-bond donors (Lipinski definition) is 3. The summed E-state index contributed by atoms with van der Waals surface area (Å²) in [5.41, 5.74) is 7.42. The fourth-order valence-electron chi connectivity index (χ4n) is 2.91. The lowest BCUT2D eigenvalue weighted by atomic mass is 10.0. The van der Waals surface area contributed by atoms with Crippen molar-refractivity contribution in [1.29, 1.82) is 0 Å². The Morgan fingerprint density at radius 2 is 1.97 bits per heavy atom. The maximum absolute atomic E-state index is 14.0. The summed E-state index contributed by atoms with van der Waals surface area (Å²) in [6, 6.07) is 11.9. The Hall–Kier alpha value is -4.08. The first kappa shape index (κ1) is 21.6. The lowest BCUT2D eigenvalue weighted by molar-refractivity contribution is 0.103. The number of benzene rings is 2. The highest BCUT2D eigenvalue weighted by Crippen LogP contribution is 2.23. The predicted molar refractivity (Wildman–Crippen MR) is 111 cm³/mol. The zero-order valence-electron chi connectivity index (χ0n) is 16.4. The van der Waals surface area contributed by atoms with Gasteiger partial charge in [0.1, 0.15) is 23.1 Å². The van der Waals surface area contributed by atoms with Crippen LogP contribution >= 0.6 is 0 Å². The lowest BCUT2D eigenvalue weighted by Gasteiger charge is -2.08. The molecule has 0 atom stereocenters. The van der Waals surface area contributed by atoms with Gasteiger partial charge < -0.3 is 11.1 Å². The van der Waals surface area contributed by atoms with Gasteiger partial charge >= 0.3 is 0 Å². The van der Waals surface area contributed by atoms with Crippen LogP contribution < -0.4 is 11.1 Å². The van der Waals surface area contributed by atoms with Crippen LogP contribution in [0.25, 0.3) is 5.69 Å². The summed E-state index contributed by atoms with van der Waals surface area (Å²) in [4.78, 5) is 12.9. The van der Waals surface area contributed by atoms with E-state index in [2.05, 4.69) is 20.6 Å². The molecule has 0 radical (unpaired) electrons. The van der Waals surface area contributed by atoms with Crippen LogP contribution in [0.5, 0.6) is 0 Å². The first-order valence-corrected chi connectivity index (χ1v) is 9.06. The molecule has 0 amide bonds. The van der Waals surface area contributed by atoms with Crippen molar-refractivity contribution < 1.29 is 18.0 Å². The largest absolute Gasteiger partial charge is 0.383 e. The number of alkyl halides is 1. The molecule has 160 valence electrons. The number of ketones is 1. The SMILES string of the molecule is CF.Nc1c(C(=O)c2cccc(CNc3ccn[nH]3)c2)cnn1-c1ccc(F)cc1F. The molecule has 0 unspecified atom stereocenters. The van der Waals surface area contributed by atoms with Crippen molar-refractivity contribution in [2.45, 2.75) is 6.54 Å². The highest BCUT2D eigenvalue weighted by atomic mass is 19.1. The van der Waals surface area contributed by atoms with Gasteiger partial charge in [0.2, 0.25) is 0 Å². The number of halogens is 3. The van der Waals surface area contributed by atoms with E-state index in [4.69, 9.17) is 5.73 Å². The van der Waals surface area contributed by atoms with Gasteiger partial charge in [-0.15, -0.1) is 0 Å². The molecule has 0 saturated carbocycles. The molecule has 0 spiro atoms. The van der Waals surface area contributed by atoms with Crippen LogP contribution in [-0.2, 0) is 6.54 Å². The number of anilines is 2. The van der Waals surface area contributed by atoms with E-state index in [9.17, 15) is 18.0 Å². The van der Waals surface area contributed by atoms with E-state index in [1.54, 1.807) is 30.5 Å². The average Bonchev–Trinajstić information content (AvgIpc) is 3.43. The minimum atomic E-state index is -0.828. The van der Waals surface area contributed by atoms with Crippen molar-refractivity contribution in [3.05, 3.63) is 89.2 Å². The highest BCUT2D eigenvalue weighted by molar-refractivity contribution is 6.11. The predicted octanol–water partition coefficient (Wildman–Crippen LogP) is 3.88. The molecule has 0 aliphatic carbocycles. The van der Waals surface area contributed by atoms with Gasteiger partial charge in [-0.2, -0.15) is 10.2 Å². The van der Waals surface area contributed by atoms with Gasteiger partial charge in [-0.3, -0.25) is 14.3 Å². The number of aromatic amines is 1. The van der Waals surface area contributed by atoms with Crippen LogP contribution in [0.4, 0.5) is 24.8 Å². The van der Waals surface area contributed by atoms with Gasteiger partial charge in [0, 0.05) is 18.2 Å². The van der Waals surface area contributed by atoms with Gasteiger partial charge in [-0.25, -0.2) is 13.5 Å². The molecule has 0 fully saturated rings. The topological polar surface area (TPSA) is 102 Å². The second-order valence-electron chi connectivity index (χ2n) is 6.30. The summed E-state index contributed by atoms with van der Waals surface area (Å²) >= 11 is 0. The number of hydrogen-bond acceptors (Lipinski definition) is 5. The Bertz CT molecular complexity index is 1170. The quantitative estimate of drug-likeness (QED) is 0.405. The molecule has 4 aromatic rings. The number of aromatic nitrogens is 4. The van der Waals surface area contributed by atoms with Crippen LogP contribution in [0.2, 0.25) is 0 Å². The van der Waals surface area contributed by atoms with Gasteiger partial charge in [0.25, 0.3) is 0 Å². The van der Waals surface area contributed by atoms with E-state index in [-0.39, 0.29) is 22.9 Å². The lowest BCUT2D eigenvalue weighted by Crippen LogP contribution is -2.09. The van der Waals surface area contributed by atoms with E-state index >= 15 is 0 Å². The fourth-order valence-corrected chi connectivity index (χ4v) is 2.91. The van der Waals surface area contributed by atoms with Crippen molar-refractivity contribution in [2.24, 2.45) is 0 Å². The summed E-state index contributed by atoms with van der Waals surface area (Å²) in [6.07, 6.45) is 2.91. The zero-order valence-corrected chi connectivity index (χ0v) is 16.4. The van der Waals surface area contributed by atoms with Crippen LogP contribution in [0.15, 0.2) is 60.9 Å².